The van der Waals surface area contributed by atoms with Gasteiger partial charge in [0, 0.05) is 18.0 Å². The number of aliphatic hydroxyl groups excluding tert-OH is 1. The smallest absolute Gasteiger partial charge is 0.0841 e. The van der Waals surface area contributed by atoms with Crippen LogP contribution in [0, 0.1) is 0 Å². The minimum absolute atomic E-state index is 0.0614. The summed E-state index contributed by atoms with van der Waals surface area (Å²) >= 11 is 3.39. The van der Waals surface area contributed by atoms with Crippen molar-refractivity contribution in [1.82, 2.24) is 0 Å². The maximum Gasteiger partial charge on any atom is 0.0841 e. The Morgan fingerprint density at radius 3 is 2.44 bits per heavy atom. The number of hydrogen-bond acceptors (Lipinski definition) is 2. The molecule has 0 spiro atoms. The average Bonchev–Trinajstić information content (AvgIpc) is 2.29. The summed E-state index contributed by atoms with van der Waals surface area (Å²) in [5.41, 5.74) is 1.13. The molecule has 2 unspecified atom stereocenters. The van der Waals surface area contributed by atoms with Crippen LogP contribution in [0.5, 0.6) is 0 Å². The SMILES string of the molecule is CCCC(OC)C(O)Cc1ccc(Br)cc1. The van der Waals surface area contributed by atoms with Gasteiger partial charge in [0.2, 0.25) is 0 Å². The summed E-state index contributed by atoms with van der Waals surface area (Å²) in [4.78, 5) is 0. The van der Waals surface area contributed by atoms with Crippen molar-refractivity contribution in [2.24, 2.45) is 0 Å². The van der Waals surface area contributed by atoms with Gasteiger partial charge in [-0.3, -0.25) is 0 Å². The minimum atomic E-state index is -0.425. The second kappa shape index (κ2) is 7.05. The molecule has 2 atom stereocenters. The average molecular weight is 287 g/mol. The molecule has 1 aromatic rings. The molecule has 0 aliphatic heterocycles. The topological polar surface area (TPSA) is 29.5 Å². The molecule has 3 heteroatoms. The van der Waals surface area contributed by atoms with Gasteiger partial charge in [0.1, 0.15) is 0 Å². The molecule has 0 fully saturated rings. The van der Waals surface area contributed by atoms with E-state index >= 15 is 0 Å². The maximum atomic E-state index is 10.0. The Balaban J connectivity index is 2.55. The van der Waals surface area contributed by atoms with Crippen LogP contribution in [-0.2, 0) is 11.2 Å². The summed E-state index contributed by atoms with van der Waals surface area (Å²) in [7, 11) is 1.66. The highest BCUT2D eigenvalue weighted by molar-refractivity contribution is 9.10. The van der Waals surface area contributed by atoms with Crippen LogP contribution in [0.1, 0.15) is 25.3 Å². The Morgan fingerprint density at radius 2 is 1.94 bits per heavy atom. The van der Waals surface area contributed by atoms with Gasteiger partial charge in [-0.15, -0.1) is 0 Å². The van der Waals surface area contributed by atoms with Crippen LogP contribution < -0.4 is 0 Å². The summed E-state index contributed by atoms with van der Waals surface area (Å²) in [6.07, 6.45) is 2.08. The molecule has 0 bridgehead atoms. The fourth-order valence-electron chi connectivity index (χ4n) is 1.75. The van der Waals surface area contributed by atoms with Crippen molar-refractivity contribution in [2.45, 2.75) is 38.4 Å². The Labute approximate surface area is 106 Å². The zero-order chi connectivity index (χ0) is 12.0. The highest BCUT2D eigenvalue weighted by atomic mass is 79.9. The van der Waals surface area contributed by atoms with Crippen molar-refractivity contribution in [3.8, 4) is 0 Å². The van der Waals surface area contributed by atoms with Crippen LogP contribution >= 0.6 is 15.9 Å². The van der Waals surface area contributed by atoms with Gasteiger partial charge in [0.25, 0.3) is 0 Å². The molecule has 1 N–H and O–H groups in total. The van der Waals surface area contributed by atoms with E-state index in [2.05, 4.69) is 22.9 Å². The largest absolute Gasteiger partial charge is 0.390 e. The molecule has 0 aromatic heterocycles. The molecule has 0 radical (unpaired) electrons. The molecule has 16 heavy (non-hydrogen) atoms. The van der Waals surface area contributed by atoms with Gasteiger partial charge >= 0.3 is 0 Å². The summed E-state index contributed by atoms with van der Waals surface area (Å²) < 4.78 is 6.35. The Kier molecular flexibility index (Phi) is 6.03. The molecule has 90 valence electrons. The first-order chi connectivity index (χ1) is 7.67. The van der Waals surface area contributed by atoms with Crippen LogP contribution in [0.25, 0.3) is 0 Å². The number of ether oxygens (including phenoxy) is 1. The van der Waals surface area contributed by atoms with Gasteiger partial charge in [-0.1, -0.05) is 41.4 Å². The lowest BCUT2D eigenvalue weighted by molar-refractivity contribution is -0.0159. The summed E-state index contributed by atoms with van der Waals surface area (Å²) in [6.45, 7) is 2.10. The van der Waals surface area contributed by atoms with Crippen LogP contribution in [0.4, 0.5) is 0 Å². The zero-order valence-electron chi connectivity index (χ0n) is 9.82. The summed E-state index contributed by atoms with van der Waals surface area (Å²) in [5.74, 6) is 0. The van der Waals surface area contributed by atoms with Gasteiger partial charge < -0.3 is 9.84 Å². The first-order valence-electron chi connectivity index (χ1n) is 5.62. The van der Waals surface area contributed by atoms with Crippen molar-refractivity contribution in [3.63, 3.8) is 0 Å². The third-order valence-electron chi connectivity index (χ3n) is 2.66. The fourth-order valence-corrected chi connectivity index (χ4v) is 2.01. The van der Waals surface area contributed by atoms with Crippen molar-refractivity contribution < 1.29 is 9.84 Å². The van der Waals surface area contributed by atoms with E-state index in [1.165, 1.54) is 0 Å². The Bertz CT molecular complexity index is 297. The van der Waals surface area contributed by atoms with E-state index in [0.29, 0.717) is 6.42 Å². The van der Waals surface area contributed by atoms with Crippen molar-refractivity contribution in [3.05, 3.63) is 34.3 Å². The third-order valence-corrected chi connectivity index (χ3v) is 3.19. The molecule has 0 aliphatic carbocycles. The van der Waals surface area contributed by atoms with E-state index in [1.54, 1.807) is 7.11 Å². The molecule has 0 saturated heterocycles. The number of hydrogen-bond donors (Lipinski definition) is 1. The predicted octanol–water partition coefficient (Wildman–Crippen LogP) is 3.17. The van der Waals surface area contributed by atoms with Gasteiger partial charge in [-0.05, 0) is 24.1 Å². The van der Waals surface area contributed by atoms with Crippen LogP contribution in [0.15, 0.2) is 28.7 Å². The second-order valence-corrected chi connectivity index (χ2v) is 4.88. The zero-order valence-corrected chi connectivity index (χ0v) is 11.4. The minimum Gasteiger partial charge on any atom is -0.390 e. The molecule has 1 rings (SSSR count). The fraction of sp³-hybridized carbons (Fsp3) is 0.538. The number of halogens is 1. The Hall–Kier alpha value is -0.380. The van der Waals surface area contributed by atoms with E-state index in [0.717, 1.165) is 22.9 Å². The van der Waals surface area contributed by atoms with E-state index in [-0.39, 0.29) is 6.10 Å². The van der Waals surface area contributed by atoms with Crippen LogP contribution in [-0.4, -0.2) is 24.4 Å². The van der Waals surface area contributed by atoms with Crippen molar-refractivity contribution in [2.75, 3.05) is 7.11 Å². The van der Waals surface area contributed by atoms with E-state index in [1.807, 2.05) is 24.3 Å². The number of aliphatic hydroxyl groups is 1. The molecular formula is C13H19BrO2. The van der Waals surface area contributed by atoms with E-state index in [9.17, 15) is 5.11 Å². The quantitative estimate of drug-likeness (QED) is 0.871. The second-order valence-electron chi connectivity index (χ2n) is 3.96. The molecule has 0 heterocycles. The van der Waals surface area contributed by atoms with Crippen molar-refractivity contribution in [1.29, 1.82) is 0 Å². The molecule has 1 aromatic carbocycles. The number of rotatable bonds is 6. The standard InChI is InChI=1S/C13H19BrO2/c1-3-4-13(16-2)12(15)9-10-5-7-11(14)8-6-10/h5-8,12-13,15H,3-4,9H2,1-2H3. The molecule has 0 amide bonds. The normalized spacial score (nSPS) is 14.8. The number of methoxy groups -OCH3 is 1. The third kappa shape index (κ3) is 4.24. The summed E-state index contributed by atoms with van der Waals surface area (Å²) in [5, 5.41) is 10.0. The first kappa shape index (κ1) is 13.7. The highest BCUT2D eigenvalue weighted by Gasteiger charge is 2.17. The molecule has 0 aliphatic rings. The monoisotopic (exact) mass is 286 g/mol. The lowest BCUT2D eigenvalue weighted by atomic mass is 10.0. The van der Waals surface area contributed by atoms with Gasteiger partial charge in [0.05, 0.1) is 12.2 Å². The van der Waals surface area contributed by atoms with Gasteiger partial charge in [-0.2, -0.15) is 0 Å². The van der Waals surface area contributed by atoms with Crippen molar-refractivity contribution >= 4 is 15.9 Å². The summed E-state index contributed by atoms with van der Waals surface area (Å²) in [6, 6.07) is 8.02. The lowest BCUT2D eigenvalue weighted by Gasteiger charge is -2.21. The molecule has 2 nitrogen and oxygen atoms in total. The highest BCUT2D eigenvalue weighted by Crippen LogP contribution is 2.15. The number of benzene rings is 1. The first-order valence-corrected chi connectivity index (χ1v) is 6.42. The molecular weight excluding hydrogens is 268 g/mol. The van der Waals surface area contributed by atoms with Gasteiger partial charge in [-0.25, -0.2) is 0 Å². The lowest BCUT2D eigenvalue weighted by Crippen LogP contribution is -2.29. The molecule has 0 saturated carbocycles. The van der Waals surface area contributed by atoms with Crippen LogP contribution in [0.3, 0.4) is 0 Å². The van der Waals surface area contributed by atoms with E-state index in [4.69, 9.17) is 4.74 Å². The van der Waals surface area contributed by atoms with Crippen LogP contribution in [0.2, 0.25) is 0 Å². The van der Waals surface area contributed by atoms with Gasteiger partial charge in [0.15, 0.2) is 0 Å². The predicted molar refractivity (Wildman–Crippen MR) is 69.6 cm³/mol. The van der Waals surface area contributed by atoms with E-state index < -0.39 is 6.10 Å². The maximum absolute atomic E-state index is 10.0. The Morgan fingerprint density at radius 1 is 1.31 bits per heavy atom.